The van der Waals surface area contributed by atoms with Crippen LogP contribution < -0.4 is 10.1 Å². The molecule has 0 aliphatic rings. The number of carbonyl (C=O) groups excluding carboxylic acids is 1. The highest BCUT2D eigenvalue weighted by atomic mass is 16.5. The number of aromatic nitrogens is 2. The molecular formula is C25H28N4O3. The number of fused-ring (bicyclic) bond motifs is 1. The number of benzene rings is 2. The lowest BCUT2D eigenvalue weighted by molar-refractivity contribution is 0.101. The fourth-order valence-electron chi connectivity index (χ4n) is 3.78. The molecule has 166 valence electrons. The van der Waals surface area contributed by atoms with E-state index >= 15 is 0 Å². The molecule has 0 bridgehead atoms. The van der Waals surface area contributed by atoms with Gasteiger partial charge in [-0.15, -0.1) is 0 Å². The van der Waals surface area contributed by atoms with Gasteiger partial charge in [-0.1, -0.05) is 31.6 Å². The highest BCUT2D eigenvalue weighted by molar-refractivity contribution is 6.06. The van der Waals surface area contributed by atoms with Gasteiger partial charge in [0.25, 0.3) is 5.91 Å². The standard InChI is InChI=1S/C24H24N4O3.CH4/c1-4-11-28-22-13-18(30-3)9-10-19(22)20(14-25)23(28)16-5-7-17(8-6-16)26-24(29)21-12-15(2)31-27-21;/h5-10,12-14,25H,4,11H2,1-3H3,(H,26,29);1H4. The molecule has 0 atom stereocenters. The number of nitrogens with one attached hydrogen (secondary N) is 2. The minimum absolute atomic E-state index is 0. The molecule has 0 unspecified atom stereocenters. The Bertz CT molecular complexity index is 1250. The van der Waals surface area contributed by atoms with Gasteiger partial charge in [-0.3, -0.25) is 4.79 Å². The van der Waals surface area contributed by atoms with Crippen molar-refractivity contribution in [3.8, 4) is 17.0 Å². The van der Waals surface area contributed by atoms with E-state index in [1.54, 1.807) is 20.1 Å². The zero-order valence-corrected chi connectivity index (χ0v) is 17.7. The van der Waals surface area contributed by atoms with E-state index in [4.69, 9.17) is 14.7 Å². The van der Waals surface area contributed by atoms with Gasteiger partial charge in [-0.05, 0) is 43.2 Å². The molecule has 0 saturated heterocycles. The Morgan fingerprint density at radius 2 is 1.97 bits per heavy atom. The summed E-state index contributed by atoms with van der Waals surface area (Å²) in [7, 11) is 1.65. The average Bonchev–Trinajstić information content (AvgIpc) is 3.35. The first-order valence-corrected chi connectivity index (χ1v) is 10.1. The van der Waals surface area contributed by atoms with Crippen LogP contribution in [0.2, 0.25) is 0 Å². The summed E-state index contributed by atoms with van der Waals surface area (Å²) < 4.78 is 12.6. The van der Waals surface area contributed by atoms with E-state index in [0.717, 1.165) is 46.4 Å². The number of carbonyl (C=O) groups is 1. The minimum atomic E-state index is -0.322. The van der Waals surface area contributed by atoms with Crippen LogP contribution in [0.3, 0.4) is 0 Å². The molecule has 1 amide bonds. The lowest BCUT2D eigenvalue weighted by Gasteiger charge is -2.12. The Labute approximate surface area is 187 Å². The number of nitrogens with zero attached hydrogens (tertiary/aromatic N) is 2. The second-order valence-corrected chi connectivity index (χ2v) is 7.30. The molecule has 2 aromatic carbocycles. The van der Waals surface area contributed by atoms with Gasteiger partial charge in [0, 0.05) is 41.5 Å². The number of ether oxygens (including phenoxy) is 1. The summed E-state index contributed by atoms with van der Waals surface area (Å²) in [5, 5.41) is 15.6. The predicted octanol–water partition coefficient (Wildman–Crippen LogP) is 5.91. The van der Waals surface area contributed by atoms with Crippen molar-refractivity contribution in [1.82, 2.24) is 9.72 Å². The predicted molar refractivity (Wildman–Crippen MR) is 128 cm³/mol. The largest absolute Gasteiger partial charge is 0.497 e. The second-order valence-electron chi connectivity index (χ2n) is 7.30. The number of anilines is 1. The summed E-state index contributed by atoms with van der Waals surface area (Å²) in [4.78, 5) is 12.3. The zero-order chi connectivity index (χ0) is 22.0. The summed E-state index contributed by atoms with van der Waals surface area (Å²) in [6.45, 7) is 4.69. The molecule has 0 saturated carbocycles. The van der Waals surface area contributed by atoms with Gasteiger partial charge >= 0.3 is 0 Å². The monoisotopic (exact) mass is 432 g/mol. The van der Waals surface area contributed by atoms with Gasteiger partial charge < -0.3 is 24.6 Å². The molecule has 32 heavy (non-hydrogen) atoms. The SMILES string of the molecule is C.CCCn1c(-c2ccc(NC(=O)c3cc(C)on3)cc2)c(C=N)c2ccc(OC)cc21. The van der Waals surface area contributed by atoms with Crippen LogP contribution in [0.25, 0.3) is 22.2 Å². The molecule has 4 rings (SSSR count). The van der Waals surface area contributed by atoms with Crippen molar-refractivity contribution in [2.45, 2.75) is 34.2 Å². The molecule has 2 heterocycles. The molecule has 0 radical (unpaired) electrons. The third kappa shape index (κ3) is 4.14. The molecule has 7 heteroatoms. The maximum atomic E-state index is 12.3. The first kappa shape index (κ1) is 22.8. The number of methoxy groups -OCH3 is 1. The molecule has 2 aromatic heterocycles. The summed E-state index contributed by atoms with van der Waals surface area (Å²) in [5.74, 6) is 1.05. The highest BCUT2D eigenvalue weighted by Crippen LogP contribution is 2.35. The third-order valence-corrected chi connectivity index (χ3v) is 5.18. The molecule has 0 aliphatic carbocycles. The van der Waals surface area contributed by atoms with Crippen molar-refractivity contribution in [2.75, 3.05) is 12.4 Å². The van der Waals surface area contributed by atoms with Crippen molar-refractivity contribution in [3.63, 3.8) is 0 Å². The molecule has 2 N–H and O–H groups in total. The topological polar surface area (TPSA) is 93.1 Å². The van der Waals surface area contributed by atoms with Crippen LogP contribution in [0.1, 0.15) is 42.6 Å². The number of amides is 1. The maximum absolute atomic E-state index is 12.3. The van der Waals surface area contributed by atoms with Gasteiger partial charge in [-0.25, -0.2) is 0 Å². The van der Waals surface area contributed by atoms with E-state index in [-0.39, 0.29) is 19.0 Å². The fourth-order valence-corrected chi connectivity index (χ4v) is 3.78. The Morgan fingerprint density at radius 1 is 1.22 bits per heavy atom. The quantitative estimate of drug-likeness (QED) is 0.355. The van der Waals surface area contributed by atoms with Crippen molar-refractivity contribution in [3.05, 3.63) is 65.5 Å². The first-order chi connectivity index (χ1) is 15.0. The van der Waals surface area contributed by atoms with Crippen LogP contribution in [-0.2, 0) is 6.54 Å². The van der Waals surface area contributed by atoms with Crippen LogP contribution >= 0.6 is 0 Å². The van der Waals surface area contributed by atoms with E-state index in [1.165, 1.54) is 6.21 Å². The molecule has 0 aliphatic heterocycles. The van der Waals surface area contributed by atoms with E-state index in [1.807, 2.05) is 42.5 Å². The molecule has 4 aromatic rings. The maximum Gasteiger partial charge on any atom is 0.277 e. The molecule has 7 nitrogen and oxygen atoms in total. The Morgan fingerprint density at radius 3 is 2.56 bits per heavy atom. The molecular weight excluding hydrogens is 404 g/mol. The number of hydrogen-bond acceptors (Lipinski definition) is 5. The van der Waals surface area contributed by atoms with Crippen LogP contribution in [0, 0.1) is 12.3 Å². The van der Waals surface area contributed by atoms with Crippen LogP contribution in [0.5, 0.6) is 5.75 Å². The molecule has 0 fully saturated rings. The smallest absolute Gasteiger partial charge is 0.277 e. The van der Waals surface area contributed by atoms with Gasteiger partial charge in [0.15, 0.2) is 5.69 Å². The summed E-state index contributed by atoms with van der Waals surface area (Å²) >= 11 is 0. The van der Waals surface area contributed by atoms with E-state index in [2.05, 4.69) is 22.0 Å². The lowest BCUT2D eigenvalue weighted by atomic mass is 10.1. The van der Waals surface area contributed by atoms with E-state index in [0.29, 0.717) is 11.4 Å². The van der Waals surface area contributed by atoms with Gasteiger partial charge in [0.2, 0.25) is 0 Å². The van der Waals surface area contributed by atoms with Crippen LogP contribution in [0.4, 0.5) is 5.69 Å². The Hall–Kier alpha value is -3.87. The minimum Gasteiger partial charge on any atom is -0.497 e. The third-order valence-electron chi connectivity index (χ3n) is 5.18. The zero-order valence-electron chi connectivity index (χ0n) is 17.7. The van der Waals surface area contributed by atoms with Crippen molar-refractivity contribution < 1.29 is 14.1 Å². The van der Waals surface area contributed by atoms with Crippen LogP contribution in [0.15, 0.2) is 53.1 Å². The Balaban J connectivity index is 0.00000289. The fraction of sp³-hybridized carbons (Fsp3) is 0.240. The number of aryl methyl sites for hydroxylation is 2. The highest BCUT2D eigenvalue weighted by Gasteiger charge is 2.18. The van der Waals surface area contributed by atoms with Crippen molar-refractivity contribution in [2.24, 2.45) is 0 Å². The lowest BCUT2D eigenvalue weighted by Crippen LogP contribution is -2.12. The second kappa shape index (κ2) is 9.51. The van der Waals surface area contributed by atoms with Crippen molar-refractivity contribution >= 4 is 28.7 Å². The summed E-state index contributed by atoms with van der Waals surface area (Å²) in [6.07, 6.45) is 2.36. The van der Waals surface area contributed by atoms with Gasteiger partial charge in [0.05, 0.1) is 18.3 Å². The first-order valence-electron chi connectivity index (χ1n) is 10.1. The van der Waals surface area contributed by atoms with Crippen LogP contribution in [-0.4, -0.2) is 29.0 Å². The Kier molecular flexibility index (Phi) is 6.78. The number of hydrogen-bond donors (Lipinski definition) is 2. The normalized spacial score (nSPS) is 10.6. The van der Waals surface area contributed by atoms with Crippen molar-refractivity contribution in [1.29, 1.82) is 5.41 Å². The number of rotatable bonds is 7. The van der Waals surface area contributed by atoms with Gasteiger partial charge in [-0.2, -0.15) is 0 Å². The molecule has 0 spiro atoms. The van der Waals surface area contributed by atoms with E-state index in [9.17, 15) is 4.79 Å². The average molecular weight is 433 g/mol. The summed E-state index contributed by atoms with van der Waals surface area (Å²) in [6, 6.07) is 15.1. The van der Waals surface area contributed by atoms with Gasteiger partial charge in [0.1, 0.15) is 11.5 Å². The van der Waals surface area contributed by atoms with E-state index < -0.39 is 0 Å². The summed E-state index contributed by atoms with van der Waals surface area (Å²) in [5.41, 5.74) is 4.74.